The SMILES string of the molecule is OC1(CC#CC[N@+]2(Cc3ccccc3Cl)CC[C@H](c3ccccc3)C2)c2ccccc2-c2ccccc21. The van der Waals surface area contributed by atoms with Crippen LogP contribution in [-0.4, -0.2) is 29.2 Å². The molecule has 1 N–H and O–H groups in total. The summed E-state index contributed by atoms with van der Waals surface area (Å²) < 4.78 is 0.891. The van der Waals surface area contributed by atoms with E-state index in [9.17, 15) is 5.11 Å². The summed E-state index contributed by atoms with van der Waals surface area (Å²) in [5, 5.41) is 12.7. The molecule has 1 fully saturated rings. The summed E-state index contributed by atoms with van der Waals surface area (Å²) in [5.74, 6) is 7.44. The molecule has 4 aromatic rings. The van der Waals surface area contributed by atoms with E-state index < -0.39 is 5.60 Å². The molecule has 0 saturated carbocycles. The first-order valence-corrected chi connectivity index (χ1v) is 13.5. The highest BCUT2D eigenvalue weighted by Crippen LogP contribution is 2.48. The van der Waals surface area contributed by atoms with Gasteiger partial charge in [0, 0.05) is 29.3 Å². The third-order valence-corrected chi connectivity index (χ3v) is 8.58. The number of benzene rings is 4. The van der Waals surface area contributed by atoms with Crippen molar-refractivity contribution in [2.45, 2.75) is 30.9 Å². The van der Waals surface area contributed by atoms with E-state index in [1.807, 2.05) is 48.5 Å². The topological polar surface area (TPSA) is 20.2 Å². The molecule has 6 rings (SSSR count). The first-order valence-electron chi connectivity index (χ1n) is 13.1. The van der Waals surface area contributed by atoms with Gasteiger partial charge in [-0.3, -0.25) is 0 Å². The van der Waals surface area contributed by atoms with E-state index in [4.69, 9.17) is 11.6 Å². The summed E-state index contributed by atoms with van der Waals surface area (Å²) in [5.41, 5.74) is 5.63. The van der Waals surface area contributed by atoms with Gasteiger partial charge in [0.15, 0.2) is 0 Å². The highest BCUT2D eigenvalue weighted by molar-refractivity contribution is 6.31. The maximum absolute atomic E-state index is 11.9. The van der Waals surface area contributed by atoms with Crippen molar-refractivity contribution in [2.75, 3.05) is 19.6 Å². The minimum absolute atomic E-state index is 0.384. The van der Waals surface area contributed by atoms with Crippen LogP contribution in [0.15, 0.2) is 103 Å². The zero-order chi connectivity index (χ0) is 25.3. The van der Waals surface area contributed by atoms with Crippen LogP contribution in [0.1, 0.15) is 41.0 Å². The summed E-state index contributed by atoms with van der Waals surface area (Å²) in [6, 6.07) is 35.3. The Labute approximate surface area is 224 Å². The molecule has 0 aromatic heterocycles. The zero-order valence-electron chi connectivity index (χ0n) is 20.9. The molecule has 0 spiro atoms. The fourth-order valence-electron chi connectivity index (χ4n) is 6.31. The molecule has 1 heterocycles. The Morgan fingerprint density at radius 2 is 1.41 bits per heavy atom. The van der Waals surface area contributed by atoms with Crippen LogP contribution in [0.5, 0.6) is 0 Å². The number of halogens is 1. The highest BCUT2D eigenvalue weighted by Gasteiger charge is 2.41. The van der Waals surface area contributed by atoms with Gasteiger partial charge in [-0.05, 0) is 39.8 Å². The summed E-state index contributed by atoms with van der Waals surface area (Å²) in [6.45, 7) is 3.72. The number of nitrogens with zero attached hydrogens (tertiary/aromatic N) is 1. The monoisotopic (exact) mass is 504 g/mol. The van der Waals surface area contributed by atoms with Crippen molar-refractivity contribution in [3.63, 3.8) is 0 Å². The number of hydrogen-bond acceptors (Lipinski definition) is 1. The average molecular weight is 505 g/mol. The van der Waals surface area contributed by atoms with Gasteiger partial charge < -0.3 is 9.59 Å². The molecule has 2 aliphatic rings. The molecular weight excluding hydrogens is 474 g/mol. The lowest BCUT2D eigenvalue weighted by atomic mass is 9.88. The van der Waals surface area contributed by atoms with E-state index in [2.05, 4.69) is 66.4 Å². The standard InChI is InChI=1S/C34H31ClNO/c35-33-19-9-4-14-28(33)25-36(23-20-27(24-36)26-12-2-1-3-13-26)22-11-10-21-34(37)31-17-7-5-15-29(31)30-16-6-8-18-32(30)34/h1-9,12-19,27,37H,20-25H2/q+1/t27-,36-/m0/s1. The molecule has 37 heavy (non-hydrogen) atoms. The van der Waals surface area contributed by atoms with Gasteiger partial charge in [0.1, 0.15) is 18.7 Å². The Morgan fingerprint density at radius 3 is 2.11 bits per heavy atom. The van der Waals surface area contributed by atoms with Gasteiger partial charge >= 0.3 is 0 Å². The maximum atomic E-state index is 11.9. The summed E-state index contributed by atoms with van der Waals surface area (Å²) in [4.78, 5) is 0. The van der Waals surface area contributed by atoms with Crippen molar-refractivity contribution < 1.29 is 9.59 Å². The van der Waals surface area contributed by atoms with Crippen LogP contribution < -0.4 is 0 Å². The molecule has 0 radical (unpaired) electrons. The van der Waals surface area contributed by atoms with E-state index >= 15 is 0 Å². The van der Waals surface area contributed by atoms with Crippen molar-refractivity contribution >= 4 is 11.6 Å². The van der Waals surface area contributed by atoms with Crippen LogP contribution in [-0.2, 0) is 12.1 Å². The lowest BCUT2D eigenvalue weighted by molar-refractivity contribution is -0.923. The van der Waals surface area contributed by atoms with Gasteiger partial charge in [-0.15, -0.1) is 0 Å². The van der Waals surface area contributed by atoms with Crippen LogP contribution in [0.4, 0.5) is 0 Å². The van der Waals surface area contributed by atoms with Crippen molar-refractivity contribution in [2.24, 2.45) is 0 Å². The molecule has 2 atom stereocenters. The van der Waals surface area contributed by atoms with Crippen LogP contribution in [0.25, 0.3) is 11.1 Å². The quantitative estimate of drug-likeness (QED) is 0.226. The molecule has 0 bridgehead atoms. The van der Waals surface area contributed by atoms with Crippen molar-refractivity contribution in [3.05, 3.63) is 130 Å². The van der Waals surface area contributed by atoms with E-state index in [0.717, 1.165) is 64.4 Å². The van der Waals surface area contributed by atoms with Crippen LogP contribution >= 0.6 is 11.6 Å². The number of likely N-dealkylation sites (tertiary alicyclic amines) is 1. The summed E-state index contributed by atoms with van der Waals surface area (Å²) >= 11 is 6.60. The van der Waals surface area contributed by atoms with Gasteiger partial charge in [0.25, 0.3) is 0 Å². The number of aliphatic hydroxyl groups is 1. The van der Waals surface area contributed by atoms with Crippen molar-refractivity contribution in [3.8, 4) is 23.0 Å². The van der Waals surface area contributed by atoms with E-state index in [1.54, 1.807) is 0 Å². The molecule has 3 heteroatoms. The average Bonchev–Trinajstić information content (AvgIpc) is 3.47. The van der Waals surface area contributed by atoms with E-state index in [1.165, 1.54) is 11.1 Å². The summed E-state index contributed by atoms with van der Waals surface area (Å²) in [7, 11) is 0. The lowest BCUT2D eigenvalue weighted by Crippen LogP contribution is -2.45. The van der Waals surface area contributed by atoms with Crippen molar-refractivity contribution in [1.82, 2.24) is 0 Å². The second kappa shape index (κ2) is 9.84. The van der Waals surface area contributed by atoms with Crippen molar-refractivity contribution in [1.29, 1.82) is 0 Å². The van der Waals surface area contributed by atoms with Gasteiger partial charge in [0.05, 0.1) is 13.1 Å². The molecule has 1 aliphatic heterocycles. The lowest BCUT2D eigenvalue weighted by Gasteiger charge is -2.33. The smallest absolute Gasteiger partial charge is 0.141 e. The van der Waals surface area contributed by atoms with Crippen LogP contribution in [0.2, 0.25) is 5.02 Å². The number of fused-ring (bicyclic) bond motifs is 3. The van der Waals surface area contributed by atoms with E-state index in [-0.39, 0.29) is 0 Å². The Bertz CT molecular complexity index is 1440. The minimum Gasteiger partial charge on any atom is -0.379 e. The number of quaternary nitrogens is 1. The molecule has 184 valence electrons. The first kappa shape index (κ1) is 24.0. The third-order valence-electron chi connectivity index (χ3n) is 8.21. The predicted octanol–water partition coefficient (Wildman–Crippen LogP) is 7.15. The largest absolute Gasteiger partial charge is 0.379 e. The zero-order valence-corrected chi connectivity index (χ0v) is 21.7. The van der Waals surface area contributed by atoms with Crippen LogP contribution in [0, 0.1) is 11.8 Å². The second-order valence-electron chi connectivity index (χ2n) is 10.5. The first-order chi connectivity index (χ1) is 18.1. The Kier molecular flexibility index (Phi) is 6.39. The van der Waals surface area contributed by atoms with Gasteiger partial charge in [-0.1, -0.05) is 115 Å². The molecule has 1 aliphatic carbocycles. The molecule has 1 saturated heterocycles. The molecule has 0 amide bonds. The molecule has 0 unspecified atom stereocenters. The normalized spacial score (nSPS) is 21.1. The highest BCUT2D eigenvalue weighted by atomic mass is 35.5. The maximum Gasteiger partial charge on any atom is 0.141 e. The Balaban J connectivity index is 1.27. The fraction of sp³-hybridized carbons (Fsp3) is 0.235. The molecular formula is C34H31ClNO+. The Morgan fingerprint density at radius 1 is 0.784 bits per heavy atom. The van der Waals surface area contributed by atoms with Crippen LogP contribution in [0.3, 0.4) is 0 Å². The van der Waals surface area contributed by atoms with Gasteiger partial charge in [0.2, 0.25) is 0 Å². The molecule has 4 aromatic carbocycles. The van der Waals surface area contributed by atoms with Gasteiger partial charge in [-0.25, -0.2) is 0 Å². The Hall–Kier alpha value is -3.35. The third kappa shape index (κ3) is 4.49. The molecule has 2 nitrogen and oxygen atoms in total. The van der Waals surface area contributed by atoms with Gasteiger partial charge in [-0.2, -0.15) is 0 Å². The fourth-order valence-corrected chi connectivity index (χ4v) is 6.51. The minimum atomic E-state index is -1.08. The predicted molar refractivity (Wildman–Crippen MR) is 151 cm³/mol. The number of hydrogen-bond donors (Lipinski definition) is 1. The van der Waals surface area contributed by atoms with E-state index in [0.29, 0.717) is 12.3 Å². The second-order valence-corrected chi connectivity index (χ2v) is 10.9. The number of rotatable bonds is 5. The summed E-state index contributed by atoms with van der Waals surface area (Å²) in [6.07, 6.45) is 1.52.